The number of rotatable bonds is 4. The molecule has 176 valence electrons. The molecular formula is C25H22FN7OS. The van der Waals surface area contributed by atoms with Crippen molar-refractivity contribution in [2.45, 2.75) is 13.0 Å². The summed E-state index contributed by atoms with van der Waals surface area (Å²) in [4.78, 5) is 19.8. The molecule has 0 saturated heterocycles. The van der Waals surface area contributed by atoms with Gasteiger partial charge < -0.3 is 20.7 Å². The van der Waals surface area contributed by atoms with E-state index in [-0.39, 0.29) is 5.69 Å². The number of ether oxygens (including phenoxy) is 1. The first kappa shape index (κ1) is 21.6. The molecule has 3 aromatic heterocycles. The van der Waals surface area contributed by atoms with Crippen LogP contribution in [0.15, 0.2) is 42.2 Å². The van der Waals surface area contributed by atoms with Crippen molar-refractivity contribution in [1.82, 2.24) is 24.8 Å². The van der Waals surface area contributed by atoms with Crippen LogP contribution in [0.1, 0.15) is 11.1 Å². The lowest BCUT2D eigenvalue weighted by Crippen LogP contribution is -2.26. The largest absolute Gasteiger partial charge is 0.495 e. The Kier molecular flexibility index (Phi) is 5.19. The number of hydrogen-bond donors (Lipinski definition) is 2. The number of anilines is 3. The molecule has 0 atom stereocenters. The minimum Gasteiger partial charge on any atom is -0.495 e. The minimum atomic E-state index is -0.520. The number of methoxy groups -OCH3 is 1. The molecule has 8 nitrogen and oxygen atoms in total. The van der Waals surface area contributed by atoms with Crippen molar-refractivity contribution in [3.8, 4) is 16.9 Å². The van der Waals surface area contributed by atoms with Crippen LogP contribution < -0.4 is 15.8 Å². The number of halogens is 1. The van der Waals surface area contributed by atoms with Crippen molar-refractivity contribution in [1.29, 1.82) is 0 Å². The van der Waals surface area contributed by atoms with Crippen LogP contribution in [0.5, 0.6) is 5.75 Å². The highest BCUT2D eigenvalue weighted by atomic mass is 32.1. The summed E-state index contributed by atoms with van der Waals surface area (Å²) in [6.07, 6.45) is 4.11. The molecule has 3 N–H and O–H groups in total. The van der Waals surface area contributed by atoms with Gasteiger partial charge in [-0.2, -0.15) is 0 Å². The van der Waals surface area contributed by atoms with Crippen LogP contribution in [0.4, 0.5) is 21.7 Å². The molecule has 0 spiro atoms. The van der Waals surface area contributed by atoms with Gasteiger partial charge in [0.25, 0.3) is 0 Å². The van der Waals surface area contributed by atoms with Gasteiger partial charge in [-0.25, -0.2) is 24.3 Å². The summed E-state index contributed by atoms with van der Waals surface area (Å²) in [7, 11) is 3.75. The number of pyridine rings is 1. The lowest BCUT2D eigenvalue weighted by Gasteiger charge is -2.26. The van der Waals surface area contributed by atoms with Crippen molar-refractivity contribution >= 4 is 49.9 Å². The Morgan fingerprint density at radius 1 is 1.11 bits per heavy atom. The third-order valence-electron chi connectivity index (χ3n) is 6.33. The zero-order valence-corrected chi connectivity index (χ0v) is 20.0. The Morgan fingerprint density at radius 2 is 2.00 bits per heavy atom. The van der Waals surface area contributed by atoms with Crippen LogP contribution in [-0.2, 0) is 13.0 Å². The smallest absolute Gasteiger partial charge is 0.227 e. The lowest BCUT2D eigenvalue weighted by atomic mass is 9.99. The number of thiazole rings is 1. The summed E-state index contributed by atoms with van der Waals surface area (Å²) < 4.78 is 21.7. The highest BCUT2D eigenvalue weighted by Crippen LogP contribution is 2.36. The SMILES string of the molecule is COc1cc2c(cc1Nc1ncc3c(N)c(F)c(-c4cnc5ncsc5c4)cc3n1)CN(C)CC2. The first-order valence-corrected chi connectivity index (χ1v) is 12.0. The Bertz CT molecular complexity index is 1600. The van der Waals surface area contributed by atoms with E-state index in [1.807, 2.05) is 6.07 Å². The van der Waals surface area contributed by atoms with Gasteiger partial charge in [-0.3, -0.25) is 0 Å². The number of fused-ring (bicyclic) bond motifs is 3. The van der Waals surface area contributed by atoms with E-state index >= 15 is 4.39 Å². The average Bonchev–Trinajstić information content (AvgIpc) is 3.33. The van der Waals surface area contributed by atoms with Crippen LogP contribution in [0, 0.1) is 5.82 Å². The van der Waals surface area contributed by atoms with Crippen molar-refractivity contribution in [3.05, 3.63) is 59.1 Å². The molecule has 0 unspecified atom stereocenters. The van der Waals surface area contributed by atoms with E-state index in [1.54, 1.807) is 24.9 Å². The topological polar surface area (TPSA) is 102 Å². The molecule has 6 rings (SSSR count). The molecule has 4 heterocycles. The summed E-state index contributed by atoms with van der Waals surface area (Å²) in [5, 5.41) is 3.72. The van der Waals surface area contributed by atoms with Crippen LogP contribution in [-0.4, -0.2) is 45.5 Å². The third kappa shape index (κ3) is 3.80. The molecular weight excluding hydrogens is 465 g/mol. The van der Waals surface area contributed by atoms with Gasteiger partial charge in [-0.05, 0) is 48.9 Å². The van der Waals surface area contributed by atoms with E-state index in [4.69, 9.17) is 10.5 Å². The molecule has 0 saturated carbocycles. The quantitative estimate of drug-likeness (QED) is 0.350. The summed E-state index contributed by atoms with van der Waals surface area (Å²) >= 11 is 1.45. The predicted molar refractivity (Wildman–Crippen MR) is 137 cm³/mol. The van der Waals surface area contributed by atoms with Gasteiger partial charge >= 0.3 is 0 Å². The maximum Gasteiger partial charge on any atom is 0.227 e. The second kappa shape index (κ2) is 8.40. The number of likely N-dealkylation sites (N-methyl/N-ethyl adjacent to an activating group) is 1. The number of nitrogens with two attached hydrogens (primary N) is 1. The Hall–Kier alpha value is -3.89. The second-order valence-electron chi connectivity index (χ2n) is 8.61. The highest BCUT2D eigenvalue weighted by molar-refractivity contribution is 7.16. The first-order chi connectivity index (χ1) is 17.0. The zero-order chi connectivity index (χ0) is 24.1. The van der Waals surface area contributed by atoms with Crippen molar-refractivity contribution in [2.75, 3.05) is 31.8 Å². The predicted octanol–water partition coefficient (Wildman–Crippen LogP) is 4.76. The van der Waals surface area contributed by atoms with Crippen molar-refractivity contribution in [3.63, 3.8) is 0 Å². The normalized spacial score (nSPS) is 13.8. The molecule has 0 radical (unpaired) electrons. The molecule has 1 aliphatic heterocycles. The fourth-order valence-electron chi connectivity index (χ4n) is 4.46. The Morgan fingerprint density at radius 3 is 2.86 bits per heavy atom. The van der Waals surface area contributed by atoms with Gasteiger partial charge in [-0.1, -0.05) is 0 Å². The van der Waals surface area contributed by atoms with Crippen LogP contribution >= 0.6 is 11.3 Å². The lowest BCUT2D eigenvalue weighted by molar-refractivity contribution is 0.312. The first-order valence-electron chi connectivity index (χ1n) is 11.1. The van der Waals surface area contributed by atoms with E-state index in [9.17, 15) is 0 Å². The van der Waals surface area contributed by atoms with Gasteiger partial charge in [0.2, 0.25) is 5.95 Å². The second-order valence-corrected chi connectivity index (χ2v) is 9.50. The molecule has 2 aromatic carbocycles. The van der Waals surface area contributed by atoms with Gasteiger partial charge in [0.15, 0.2) is 11.5 Å². The maximum atomic E-state index is 15.2. The van der Waals surface area contributed by atoms with Gasteiger partial charge in [0, 0.05) is 42.0 Å². The minimum absolute atomic E-state index is 0.00264. The number of aromatic nitrogens is 4. The third-order valence-corrected chi connectivity index (χ3v) is 7.10. The fraction of sp³-hybridized carbons (Fsp3) is 0.200. The molecule has 0 aliphatic carbocycles. The van der Waals surface area contributed by atoms with E-state index in [1.165, 1.54) is 28.7 Å². The van der Waals surface area contributed by atoms with E-state index < -0.39 is 5.82 Å². The molecule has 5 aromatic rings. The number of nitrogens with one attached hydrogen (secondary N) is 1. The summed E-state index contributed by atoms with van der Waals surface area (Å²) in [5.41, 5.74) is 13.3. The van der Waals surface area contributed by atoms with Gasteiger partial charge in [-0.15, -0.1) is 11.3 Å². The van der Waals surface area contributed by atoms with Crippen LogP contribution in [0.2, 0.25) is 0 Å². The van der Waals surface area contributed by atoms with Crippen LogP contribution in [0.3, 0.4) is 0 Å². The molecule has 35 heavy (non-hydrogen) atoms. The number of nitrogen functional groups attached to an aromatic ring is 1. The number of hydrogen-bond acceptors (Lipinski definition) is 9. The maximum absolute atomic E-state index is 15.2. The van der Waals surface area contributed by atoms with E-state index in [2.05, 4.69) is 49.3 Å². The number of nitrogens with zero attached hydrogens (tertiary/aromatic N) is 5. The monoisotopic (exact) mass is 487 g/mol. The van der Waals surface area contributed by atoms with Crippen molar-refractivity contribution < 1.29 is 9.13 Å². The van der Waals surface area contributed by atoms with Crippen molar-refractivity contribution in [2.24, 2.45) is 0 Å². The molecule has 0 fully saturated rings. The van der Waals surface area contributed by atoms with Gasteiger partial charge in [0.05, 0.1) is 34.2 Å². The highest BCUT2D eigenvalue weighted by Gasteiger charge is 2.19. The van der Waals surface area contributed by atoms with Crippen LogP contribution in [0.25, 0.3) is 32.4 Å². The molecule has 0 amide bonds. The Balaban J connectivity index is 1.41. The fourth-order valence-corrected chi connectivity index (χ4v) is 5.13. The molecule has 10 heteroatoms. The van der Waals surface area contributed by atoms with E-state index in [0.29, 0.717) is 33.6 Å². The summed E-state index contributed by atoms with van der Waals surface area (Å²) in [5.74, 6) is 0.570. The zero-order valence-electron chi connectivity index (χ0n) is 19.2. The molecule has 0 bridgehead atoms. The standard InChI is InChI=1S/C25H22FN7OS/c1-33-4-3-13-6-20(34-2)19(5-15(13)11-33)32-25-29-10-17-18(31-25)8-16(22(26)23(17)27)14-7-21-24(28-9-14)30-12-35-21/h5-10,12H,3-4,11,27H2,1-2H3,(H,29,31,32). The van der Waals surface area contributed by atoms with Gasteiger partial charge in [0.1, 0.15) is 5.75 Å². The molecule has 1 aliphatic rings. The Labute approximate surface area is 204 Å². The number of benzene rings is 2. The summed E-state index contributed by atoms with van der Waals surface area (Å²) in [6, 6.07) is 7.69. The van der Waals surface area contributed by atoms with E-state index in [0.717, 1.165) is 35.6 Å². The average molecular weight is 488 g/mol. The summed E-state index contributed by atoms with van der Waals surface area (Å²) in [6.45, 7) is 1.88.